The van der Waals surface area contributed by atoms with Gasteiger partial charge in [0.05, 0.1) is 18.2 Å². The van der Waals surface area contributed by atoms with Gasteiger partial charge in [-0.1, -0.05) is 19.1 Å². The summed E-state index contributed by atoms with van der Waals surface area (Å²) in [4.78, 5) is 18.4. The number of methoxy groups -OCH3 is 1. The number of rotatable bonds is 3. The second-order valence-electron chi connectivity index (χ2n) is 3.77. The quantitative estimate of drug-likeness (QED) is 0.864. The summed E-state index contributed by atoms with van der Waals surface area (Å²) in [5, 5.41) is 9.73. The van der Waals surface area contributed by atoms with E-state index in [0.717, 1.165) is 0 Å². The standard InChI is InChI=1S/C13H14N2O3/c1-3-8-12(16)14-11(15-13(8)17)9-6-4-5-7-10(9)18-2/h4-7H,3H2,1-2H3,(H2,14,15,16,17). The molecule has 0 unspecified atom stereocenters. The predicted molar refractivity (Wildman–Crippen MR) is 67.9 cm³/mol. The van der Waals surface area contributed by atoms with Crippen LogP contribution in [0.15, 0.2) is 29.1 Å². The highest BCUT2D eigenvalue weighted by Gasteiger charge is 2.12. The Labute approximate surface area is 104 Å². The van der Waals surface area contributed by atoms with Gasteiger partial charge >= 0.3 is 0 Å². The van der Waals surface area contributed by atoms with Crippen LogP contribution in [0, 0.1) is 0 Å². The number of hydrogen-bond acceptors (Lipinski definition) is 4. The Morgan fingerprint density at radius 1 is 1.39 bits per heavy atom. The van der Waals surface area contributed by atoms with Crippen molar-refractivity contribution in [1.29, 1.82) is 0 Å². The monoisotopic (exact) mass is 246 g/mol. The molecule has 0 atom stereocenters. The van der Waals surface area contributed by atoms with Crippen molar-refractivity contribution < 1.29 is 9.84 Å². The van der Waals surface area contributed by atoms with Gasteiger partial charge in [-0.2, -0.15) is 4.98 Å². The summed E-state index contributed by atoms with van der Waals surface area (Å²) in [5.41, 5.74) is 0.592. The van der Waals surface area contributed by atoms with Crippen LogP contribution in [-0.2, 0) is 6.42 Å². The lowest BCUT2D eigenvalue weighted by atomic mass is 10.1. The second kappa shape index (κ2) is 4.91. The van der Waals surface area contributed by atoms with Crippen molar-refractivity contribution in [3.8, 4) is 23.0 Å². The number of nitrogens with zero attached hydrogens (tertiary/aromatic N) is 1. The Morgan fingerprint density at radius 3 is 2.72 bits per heavy atom. The number of aromatic amines is 1. The summed E-state index contributed by atoms with van der Waals surface area (Å²) in [5.74, 6) is 0.651. The number of para-hydroxylation sites is 1. The third-order valence-electron chi connectivity index (χ3n) is 2.71. The molecule has 0 spiro atoms. The first-order chi connectivity index (χ1) is 8.67. The Kier molecular flexibility index (Phi) is 3.32. The first-order valence-corrected chi connectivity index (χ1v) is 5.63. The lowest BCUT2D eigenvalue weighted by molar-refractivity contribution is 0.415. The maximum atomic E-state index is 11.8. The molecule has 0 aliphatic heterocycles. The number of aromatic hydroxyl groups is 1. The first-order valence-electron chi connectivity index (χ1n) is 5.63. The minimum atomic E-state index is -0.328. The topological polar surface area (TPSA) is 75.2 Å². The maximum Gasteiger partial charge on any atom is 0.258 e. The third-order valence-corrected chi connectivity index (χ3v) is 2.71. The van der Waals surface area contributed by atoms with Gasteiger partial charge in [0.15, 0.2) is 0 Å². The number of aromatic nitrogens is 2. The minimum Gasteiger partial charge on any atom is -0.496 e. The Balaban J connectivity index is 2.62. The van der Waals surface area contributed by atoms with Crippen LogP contribution < -0.4 is 10.3 Å². The SMILES string of the molecule is CCc1c(O)nc(-c2ccccc2OC)[nH]c1=O. The third kappa shape index (κ3) is 2.07. The number of benzene rings is 1. The molecule has 0 radical (unpaired) electrons. The molecule has 1 heterocycles. The molecule has 0 bridgehead atoms. The molecule has 2 rings (SSSR count). The van der Waals surface area contributed by atoms with Crippen LogP contribution in [0.25, 0.3) is 11.4 Å². The van der Waals surface area contributed by atoms with Gasteiger partial charge in [-0.15, -0.1) is 0 Å². The molecule has 0 saturated heterocycles. The average molecular weight is 246 g/mol. The number of ether oxygens (including phenoxy) is 1. The van der Waals surface area contributed by atoms with Crippen molar-refractivity contribution in [2.75, 3.05) is 7.11 Å². The van der Waals surface area contributed by atoms with E-state index in [9.17, 15) is 9.90 Å². The summed E-state index contributed by atoms with van der Waals surface area (Å²) in [6.45, 7) is 1.79. The van der Waals surface area contributed by atoms with Crippen molar-refractivity contribution in [1.82, 2.24) is 9.97 Å². The zero-order valence-electron chi connectivity index (χ0n) is 10.2. The molecule has 0 aliphatic rings. The molecule has 0 amide bonds. The molecule has 0 fully saturated rings. The van der Waals surface area contributed by atoms with E-state index in [2.05, 4.69) is 9.97 Å². The van der Waals surface area contributed by atoms with Crippen molar-refractivity contribution in [3.63, 3.8) is 0 Å². The molecule has 18 heavy (non-hydrogen) atoms. The maximum absolute atomic E-state index is 11.8. The highest BCUT2D eigenvalue weighted by Crippen LogP contribution is 2.27. The van der Waals surface area contributed by atoms with E-state index in [0.29, 0.717) is 23.6 Å². The average Bonchev–Trinajstić information content (AvgIpc) is 2.38. The van der Waals surface area contributed by atoms with E-state index < -0.39 is 0 Å². The molecular formula is C13H14N2O3. The van der Waals surface area contributed by atoms with Gasteiger partial charge in [0.1, 0.15) is 11.6 Å². The van der Waals surface area contributed by atoms with Crippen LogP contribution in [0.1, 0.15) is 12.5 Å². The van der Waals surface area contributed by atoms with Crippen LogP contribution >= 0.6 is 0 Å². The van der Waals surface area contributed by atoms with E-state index in [1.54, 1.807) is 19.1 Å². The zero-order chi connectivity index (χ0) is 13.1. The minimum absolute atomic E-state index is 0.234. The zero-order valence-corrected chi connectivity index (χ0v) is 10.2. The van der Waals surface area contributed by atoms with Crippen molar-refractivity contribution in [2.24, 2.45) is 0 Å². The molecule has 2 aromatic rings. The van der Waals surface area contributed by atoms with Crippen molar-refractivity contribution in [3.05, 3.63) is 40.2 Å². The highest BCUT2D eigenvalue weighted by molar-refractivity contribution is 5.64. The predicted octanol–water partition coefficient (Wildman–Crippen LogP) is 1.71. The van der Waals surface area contributed by atoms with Crippen LogP contribution in [0.4, 0.5) is 0 Å². The van der Waals surface area contributed by atoms with E-state index in [1.807, 2.05) is 12.1 Å². The van der Waals surface area contributed by atoms with Crippen LogP contribution in [-0.4, -0.2) is 22.2 Å². The van der Waals surface area contributed by atoms with E-state index in [-0.39, 0.29) is 17.0 Å². The van der Waals surface area contributed by atoms with E-state index >= 15 is 0 Å². The summed E-state index contributed by atoms with van der Waals surface area (Å²) >= 11 is 0. The van der Waals surface area contributed by atoms with Gasteiger partial charge in [0.25, 0.3) is 5.56 Å². The molecule has 0 saturated carbocycles. The van der Waals surface area contributed by atoms with Gasteiger partial charge in [0.2, 0.25) is 5.88 Å². The molecule has 1 aromatic carbocycles. The van der Waals surface area contributed by atoms with Crippen molar-refractivity contribution in [2.45, 2.75) is 13.3 Å². The molecule has 2 N–H and O–H groups in total. The Bertz CT molecular complexity index is 620. The van der Waals surface area contributed by atoms with Gasteiger partial charge in [-0.25, -0.2) is 0 Å². The normalized spacial score (nSPS) is 10.3. The lowest BCUT2D eigenvalue weighted by Crippen LogP contribution is -2.14. The highest BCUT2D eigenvalue weighted by atomic mass is 16.5. The Morgan fingerprint density at radius 2 is 2.11 bits per heavy atom. The molecule has 5 nitrogen and oxygen atoms in total. The van der Waals surface area contributed by atoms with Gasteiger partial charge in [-0.3, -0.25) is 4.79 Å². The van der Waals surface area contributed by atoms with Crippen molar-refractivity contribution >= 4 is 0 Å². The molecule has 0 aliphatic carbocycles. The molecule has 94 valence electrons. The van der Waals surface area contributed by atoms with E-state index in [1.165, 1.54) is 7.11 Å². The van der Waals surface area contributed by atoms with Crippen LogP contribution in [0.3, 0.4) is 0 Å². The Hall–Kier alpha value is -2.30. The smallest absolute Gasteiger partial charge is 0.258 e. The van der Waals surface area contributed by atoms with Gasteiger partial charge in [0, 0.05) is 0 Å². The summed E-state index contributed by atoms with van der Waals surface area (Å²) in [7, 11) is 1.54. The summed E-state index contributed by atoms with van der Waals surface area (Å²) < 4.78 is 5.19. The summed E-state index contributed by atoms with van der Waals surface area (Å²) in [6.07, 6.45) is 0.431. The van der Waals surface area contributed by atoms with Crippen LogP contribution in [0.2, 0.25) is 0 Å². The fourth-order valence-electron chi connectivity index (χ4n) is 1.77. The summed E-state index contributed by atoms with van der Waals surface area (Å²) in [6, 6.07) is 7.16. The fraction of sp³-hybridized carbons (Fsp3) is 0.231. The molecular weight excluding hydrogens is 232 g/mol. The lowest BCUT2D eigenvalue weighted by Gasteiger charge is -2.08. The largest absolute Gasteiger partial charge is 0.496 e. The first kappa shape index (κ1) is 12.2. The van der Waals surface area contributed by atoms with Crippen LogP contribution in [0.5, 0.6) is 11.6 Å². The van der Waals surface area contributed by atoms with Gasteiger partial charge in [-0.05, 0) is 18.6 Å². The van der Waals surface area contributed by atoms with Gasteiger partial charge < -0.3 is 14.8 Å². The fourth-order valence-corrected chi connectivity index (χ4v) is 1.77. The second-order valence-corrected chi connectivity index (χ2v) is 3.77. The van der Waals surface area contributed by atoms with E-state index in [4.69, 9.17) is 4.74 Å². The molecule has 1 aromatic heterocycles. The number of H-pyrrole nitrogens is 1. The molecule has 5 heteroatoms. The number of hydrogen-bond donors (Lipinski definition) is 2. The number of nitrogens with one attached hydrogen (secondary N) is 1.